The molecule has 0 atom stereocenters. The molecule has 9 nitrogen and oxygen atoms in total. The van der Waals surface area contributed by atoms with Gasteiger partial charge in [0.25, 0.3) is 5.91 Å². The van der Waals surface area contributed by atoms with Crippen LogP contribution >= 0.6 is 0 Å². The van der Waals surface area contributed by atoms with Gasteiger partial charge in [-0.05, 0) is 37.3 Å². The molecule has 0 aliphatic carbocycles. The molecule has 0 fully saturated rings. The van der Waals surface area contributed by atoms with Crippen LogP contribution in [0.3, 0.4) is 0 Å². The lowest BCUT2D eigenvalue weighted by Crippen LogP contribution is -2.30. The molecule has 31 heavy (non-hydrogen) atoms. The number of amides is 1. The van der Waals surface area contributed by atoms with Crippen LogP contribution in [0.25, 0.3) is 11.4 Å². The van der Waals surface area contributed by atoms with Crippen molar-refractivity contribution in [3.63, 3.8) is 0 Å². The van der Waals surface area contributed by atoms with Crippen molar-refractivity contribution in [1.29, 1.82) is 0 Å². The molecule has 0 saturated carbocycles. The van der Waals surface area contributed by atoms with E-state index in [0.29, 0.717) is 52.4 Å². The molecule has 0 unspecified atom stereocenters. The van der Waals surface area contributed by atoms with Gasteiger partial charge in [0.15, 0.2) is 11.5 Å². The molecule has 1 aromatic heterocycles. The first kappa shape index (κ1) is 21.9. The maximum atomic E-state index is 13.0. The summed E-state index contributed by atoms with van der Waals surface area (Å²) in [6, 6.07) is 10.4. The number of nitrogens with zero attached hydrogens (tertiary/aromatic N) is 3. The smallest absolute Gasteiger partial charge is 0.254 e. The highest BCUT2D eigenvalue weighted by Gasteiger charge is 2.20. The predicted molar refractivity (Wildman–Crippen MR) is 113 cm³/mol. The van der Waals surface area contributed by atoms with Crippen LogP contribution in [-0.2, 0) is 6.54 Å². The van der Waals surface area contributed by atoms with Gasteiger partial charge in [0, 0.05) is 23.7 Å². The Morgan fingerprint density at radius 2 is 1.61 bits per heavy atom. The second kappa shape index (κ2) is 9.84. The zero-order chi connectivity index (χ0) is 22.4. The largest absolute Gasteiger partial charge is 0.497 e. The number of hydrogen-bond donors (Lipinski definition) is 0. The lowest BCUT2D eigenvalue weighted by Gasteiger charge is -2.19. The maximum absolute atomic E-state index is 13.0. The maximum Gasteiger partial charge on any atom is 0.254 e. The summed E-state index contributed by atoms with van der Waals surface area (Å²) in [6.07, 6.45) is 0. The van der Waals surface area contributed by atoms with Gasteiger partial charge in [-0.15, -0.1) is 0 Å². The summed E-state index contributed by atoms with van der Waals surface area (Å²) >= 11 is 0. The van der Waals surface area contributed by atoms with Gasteiger partial charge in [0.1, 0.15) is 18.0 Å². The molecule has 0 saturated heterocycles. The van der Waals surface area contributed by atoms with E-state index in [1.807, 2.05) is 6.92 Å². The van der Waals surface area contributed by atoms with E-state index in [0.717, 1.165) is 0 Å². The molecule has 3 aromatic rings. The fraction of sp³-hybridized carbons (Fsp3) is 0.318. The number of benzene rings is 2. The Bertz CT molecular complexity index is 1030. The molecule has 0 aliphatic heterocycles. The Kier molecular flexibility index (Phi) is 6.96. The molecule has 1 amide bonds. The summed E-state index contributed by atoms with van der Waals surface area (Å²) in [5.74, 6) is 2.73. The van der Waals surface area contributed by atoms with E-state index in [4.69, 9.17) is 23.5 Å². The first-order chi connectivity index (χ1) is 15.0. The summed E-state index contributed by atoms with van der Waals surface area (Å²) in [6.45, 7) is 2.49. The monoisotopic (exact) mass is 427 g/mol. The minimum Gasteiger partial charge on any atom is -0.497 e. The number of hydrogen-bond acceptors (Lipinski definition) is 8. The third-order valence-corrected chi connectivity index (χ3v) is 4.70. The summed E-state index contributed by atoms with van der Waals surface area (Å²) < 4.78 is 26.5. The molecule has 0 bridgehead atoms. The van der Waals surface area contributed by atoms with Gasteiger partial charge in [-0.25, -0.2) is 0 Å². The van der Waals surface area contributed by atoms with Crippen LogP contribution in [0.1, 0.15) is 23.2 Å². The van der Waals surface area contributed by atoms with Gasteiger partial charge in [-0.2, -0.15) is 4.98 Å². The van der Waals surface area contributed by atoms with Crippen molar-refractivity contribution in [2.75, 3.05) is 35.0 Å². The molecule has 3 rings (SSSR count). The summed E-state index contributed by atoms with van der Waals surface area (Å²) in [4.78, 5) is 19.1. The summed E-state index contributed by atoms with van der Waals surface area (Å²) in [5.41, 5.74) is 1.15. The second-order valence-corrected chi connectivity index (χ2v) is 6.50. The van der Waals surface area contributed by atoms with Crippen LogP contribution in [0.15, 0.2) is 40.9 Å². The summed E-state index contributed by atoms with van der Waals surface area (Å²) in [7, 11) is 6.20. The number of carbonyl (C=O) groups excluding carboxylic acids is 1. The lowest BCUT2D eigenvalue weighted by atomic mass is 10.1. The first-order valence-corrected chi connectivity index (χ1v) is 9.60. The van der Waals surface area contributed by atoms with E-state index in [2.05, 4.69) is 10.1 Å². The number of aromatic nitrogens is 2. The van der Waals surface area contributed by atoms with E-state index in [1.54, 1.807) is 55.5 Å². The van der Waals surface area contributed by atoms with Gasteiger partial charge in [0.05, 0.1) is 28.4 Å². The highest BCUT2D eigenvalue weighted by atomic mass is 16.5. The number of carbonyl (C=O) groups is 1. The van der Waals surface area contributed by atoms with Crippen molar-refractivity contribution < 1.29 is 28.3 Å². The average Bonchev–Trinajstić information content (AvgIpc) is 3.29. The van der Waals surface area contributed by atoms with Crippen molar-refractivity contribution in [3.05, 3.63) is 47.9 Å². The zero-order valence-electron chi connectivity index (χ0n) is 18.2. The van der Waals surface area contributed by atoms with Crippen LogP contribution in [0.2, 0.25) is 0 Å². The molecule has 0 N–H and O–H groups in total. The second-order valence-electron chi connectivity index (χ2n) is 6.50. The van der Waals surface area contributed by atoms with Crippen molar-refractivity contribution in [2.24, 2.45) is 0 Å². The molecular weight excluding hydrogens is 402 g/mol. The van der Waals surface area contributed by atoms with E-state index < -0.39 is 0 Å². The Morgan fingerprint density at radius 3 is 2.19 bits per heavy atom. The quantitative estimate of drug-likeness (QED) is 0.512. The number of ether oxygens (including phenoxy) is 4. The van der Waals surface area contributed by atoms with Crippen molar-refractivity contribution in [3.8, 4) is 34.4 Å². The Hall–Kier alpha value is -3.75. The molecule has 0 spiro atoms. The minimum absolute atomic E-state index is 0.162. The van der Waals surface area contributed by atoms with Crippen LogP contribution in [0, 0.1) is 0 Å². The van der Waals surface area contributed by atoms with Gasteiger partial charge < -0.3 is 28.4 Å². The van der Waals surface area contributed by atoms with E-state index in [-0.39, 0.29) is 12.5 Å². The lowest BCUT2D eigenvalue weighted by molar-refractivity contribution is 0.0733. The topological polar surface area (TPSA) is 96.2 Å². The Labute approximate surface area is 180 Å². The minimum atomic E-state index is -0.203. The fourth-order valence-electron chi connectivity index (χ4n) is 3.02. The predicted octanol–water partition coefficient (Wildman–Crippen LogP) is 3.43. The van der Waals surface area contributed by atoms with Crippen molar-refractivity contribution in [2.45, 2.75) is 13.5 Å². The molecular formula is C22H25N3O6. The third kappa shape index (κ3) is 4.88. The number of methoxy groups -OCH3 is 4. The molecule has 9 heteroatoms. The zero-order valence-corrected chi connectivity index (χ0v) is 18.2. The van der Waals surface area contributed by atoms with Crippen molar-refractivity contribution in [1.82, 2.24) is 15.0 Å². The highest BCUT2D eigenvalue weighted by molar-refractivity contribution is 5.95. The van der Waals surface area contributed by atoms with E-state index >= 15 is 0 Å². The van der Waals surface area contributed by atoms with Gasteiger partial charge in [-0.1, -0.05) is 5.16 Å². The molecule has 2 aromatic carbocycles. The van der Waals surface area contributed by atoms with Gasteiger partial charge in [0.2, 0.25) is 11.7 Å². The standard InChI is InChI=1S/C22H25N3O6/c1-6-25(22(26)15-9-16(27-2)12-17(10-15)28-3)13-20-23-21(24-31-20)14-7-8-18(29-4)19(11-14)30-5/h7-12H,6,13H2,1-5H3. The van der Waals surface area contributed by atoms with E-state index in [9.17, 15) is 4.79 Å². The normalized spacial score (nSPS) is 10.5. The highest BCUT2D eigenvalue weighted by Crippen LogP contribution is 2.31. The van der Waals surface area contributed by atoms with Gasteiger partial charge >= 0.3 is 0 Å². The Balaban J connectivity index is 1.81. The molecule has 0 aliphatic rings. The first-order valence-electron chi connectivity index (χ1n) is 9.60. The van der Waals surface area contributed by atoms with Crippen LogP contribution in [-0.4, -0.2) is 55.9 Å². The summed E-state index contributed by atoms with van der Waals surface area (Å²) in [5, 5.41) is 4.03. The fourth-order valence-corrected chi connectivity index (χ4v) is 3.02. The SMILES string of the molecule is CCN(Cc1nc(-c2ccc(OC)c(OC)c2)no1)C(=O)c1cc(OC)cc(OC)c1. The van der Waals surface area contributed by atoms with Gasteiger partial charge in [-0.3, -0.25) is 4.79 Å². The van der Waals surface area contributed by atoms with Crippen LogP contribution in [0.4, 0.5) is 0 Å². The molecule has 1 heterocycles. The van der Waals surface area contributed by atoms with Crippen molar-refractivity contribution >= 4 is 5.91 Å². The molecule has 0 radical (unpaired) electrons. The van der Waals surface area contributed by atoms with E-state index in [1.165, 1.54) is 14.2 Å². The van der Waals surface area contributed by atoms with Crippen LogP contribution in [0.5, 0.6) is 23.0 Å². The third-order valence-electron chi connectivity index (χ3n) is 4.70. The Morgan fingerprint density at radius 1 is 0.935 bits per heavy atom. The molecule has 164 valence electrons. The number of rotatable bonds is 9. The average molecular weight is 427 g/mol. The van der Waals surface area contributed by atoms with Crippen LogP contribution < -0.4 is 18.9 Å².